The summed E-state index contributed by atoms with van der Waals surface area (Å²) in [5, 5.41) is 3.07. The fourth-order valence-electron chi connectivity index (χ4n) is 2.23. The van der Waals surface area contributed by atoms with E-state index in [1.165, 1.54) is 0 Å². The van der Waals surface area contributed by atoms with Crippen molar-refractivity contribution in [2.45, 2.75) is 19.5 Å². The fraction of sp³-hybridized carbons (Fsp3) is 0.500. The van der Waals surface area contributed by atoms with Crippen LogP contribution in [0.3, 0.4) is 0 Å². The van der Waals surface area contributed by atoms with Crippen LogP contribution in [0.25, 0.3) is 0 Å². The van der Waals surface area contributed by atoms with Crippen LogP contribution in [0.15, 0.2) is 18.3 Å². The topological polar surface area (TPSA) is 80.4 Å². The summed E-state index contributed by atoms with van der Waals surface area (Å²) in [7, 11) is 0. The van der Waals surface area contributed by atoms with Crippen molar-refractivity contribution in [1.82, 2.24) is 14.8 Å². The summed E-state index contributed by atoms with van der Waals surface area (Å²) in [6.07, 6.45) is 1.86. The molecule has 18 heavy (non-hydrogen) atoms. The molecule has 2 rings (SSSR count). The first-order chi connectivity index (χ1) is 8.65. The molecule has 3 N–H and O–H groups in total. The van der Waals surface area contributed by atoms with Crippen LogP contribution in [0.1, 0.15) is 17.4 Å². The van der Waals surface area contributed by atoms with Gasteiger partial charge in [-0.1, -0.05) is 0 Å². The Morgan fingerprint density at radius 1 is 1.56 bits per heavy atom. The van der Waals surface area contributed by atoms with Gasteiger partial charge in [0.2, 0.25) is 5.91 Å². The lowest BCUT2D eigenvalue weighted by atomic mass is 10.1. The summed E-state index contributed by atoms with van der Waals surface area (Å²) in [5.74, 6) is -0.600. The Labute approximate surface area is 106 Å². The summed E-state index contributed by atoms with van der Waals surface area (Å²) in [6.45, 7) is 4.30. The molecule has 0 aromatic carbocycles. The number of primary amides is 1. The molecule has 1 aromatic heterocycles. The maximum absolute atomic E-state index is 12.4. The van der Waals surface area contributed by atoms with Crippen molar-refractivity contribution in [3.63, 3.8) is 0 Å². The number of carbonyl (C=O) groups is 2. The number of piperazine rings is 1. The molecular formula is C12H18N4O2. The number of amides is 2. The van der Waals surface area contributed by atoms with Gasteiger partial charge in [0.15, 0.2) is 0 Å². The maximum Gasteiger partial charge on any atom is 0.271 e. The van der Waals surface area contributed by atoms with Gasteiger partial charge in [0, 0.05) is 32.4 Å². The number of hydrogen-bond acceptors (Lipinski definition) is 3. The minimum Gasteiger partial charge on any atom is -0.368 e. The van der Waals surface area contributed by atoms with E-state index in [0.717, 1.165) is 6.54 Å². The summed E-state index contributed by atoms with van der Waals surface area (Å²) >= 11 is 0. The predicted molar refractivity (Wildman–Crippen MR) is 67.0 cm³/mol. The van der Waals surface area contributed by atoms with Crippen LogP contribution in [-0.4, -0.2) is 47.0 Å². The van der Waals surface area contributed by atoms with Gasteiger partial charge >= 0.3 is 0 Å². The van der Waals surface area contributed by atoms with Gasteiger partial charge in [-0.15, -0.1) is 0 Å². The Morgan fingerprint density at radius 3 is 3.00 bits per heavy atom. The van der Waals surface area contributed by atoms with E-state index in [1.807, 2.05) is 23.8 Å². The third-order valence-corrected chi connectivity index (χ3v) is 3.22. The van der Waals surface area contributed by atoms with E-state index >= 15 is 0 Å². The van der Waals surface area contributed by atoms with E-state index in [-0.39, 0.29) is 5.91 Å². The van der Waals surface area contributed by atoms with Crippen LogP contribution < -0.4 is 11.1 Å². The van der Waals surface area contributed by atoms with Crippen LogP contribution in [0.4, 0.5) is 0 Å². The summed E-state index contributed by atoms with van der Waals surface area (Å²) in [6, 6.07) is 3.04. The quantitative estimate of drug-likeness (QED) is 0.752. The van der Waals surface area contributed by atoms with E-state index in [0.29, 0.717) is 25.3 Å². The molecule has 2 heterocycles. The monoisotopic (exact) mass is 250 g/mol. The third kappa shape index (κ3) is 2.24. The smallest absolute Gasteiger partial charge is 0.271 e. The van der Waals surface area contributed by atoms with Crippen LogP contribution in [0.2, 0.25) is 0 Å². The Kier molecular flexibility index (Phi) is 3.66. The zero-order chi connectivity index (χ0) is 13.1. The molecule has 1 aliphatic heterocycles. The second-order valence-electron chi connectivity index (χ2n) is 4.30. The van der Waals surface area contributed by atoms with Crippen molar-refractivity contribution in [1.29, 1.82) is 0 Å². The van der Waals surface area contributed by atoms with E-state index in [2.05, 4.69) is 5.32 Å². The second kappa shape index (κ2) is 5.22. The Hall–Kier alpha value is -1.82. The van der Waals surface area contributed by atoms with Crippen LogP contribution >= 0.6 is 0 Å². The van der Waals surface area contributed by atoms with Gasteiger partial charge in [-0.25, -0.2) is 0 Å². The average molecular weight is 250 g/mol. The first-order valence-corrected chi connectivity index (χ1v) is 6.11. The Morgan fingerprint density at radius 2 is 2.33 bits per heavy atom. The predicted octanol–water partition coefficient (Wildman–Crippen LogP) is -0.593. The van der Waals surface area contributed by atoms with Gasteiger partial charge < -0.3 is 20.5 Å². The molecule has 6 nitrogen and oxygen atoms in total. The normalized spacial score (nSPS) is 19.8. The van der Waals surface area contributed by atoms with Gasteiger partial charge in [0.1, 0.15) is 11.7 Å². The molecule has 0 spiro atoms. The number of nitrogens with two attached hydrogens (primary N) is 1. The molecule has 1 aromatic rings. The molecule has 0 radical (unpaired) electrons. The van der Waals surface area contributed by atoms with Crippen LogP contribution in [0, 0.1) is 0 Å². The first-order valence-electron chi connectivity index (χ1n) is 6.11. The lowest BCUT2D eigenvalue weighted by Gasteiger charge is -2.34. The maximum atomic E-state index is 12.4. The lowest BCUT2D eigenvalue weighted by Crippen LogP contribution is -2.58. The number of nitrogens with zero attached hydrogens (tertiary/aromatic N) is 2. The summed E-state index contributed by atoms with van der Waals surface area (Å²) in [5.41, 5.74) is 5.94. The second-order valence-corrected chi connectivity index (χ2v) is 4.30. The number of hydrogen-bond donors (Lipinski definition) is 2. The molecule has 1 aliphatic rings. The number of carbonyl (C=O) groups excluding carboxylic acids is 2. The molecule has 1 unspecified atom stereocenters. The van der Waals surface area contributed by atoms with Gasteiger partial charge in [-0.2, -0.15) is 0 Å². The van der Waals surface area contributed by atoms with Gasteiger partial charge in [-0.3, -0.25) is 9.59 Å². The summed E-state index contributed by atoms with van der Waals surface area (Å²) in [4.78, 5) is 25.4. The fourth-order valence-corrected chi connectivity index (χ4v) is 2.23. The highest BCUT2D eigenvalue weighted by molar-refractivity contribution is 5.96. The minimum atomic E-state index is -0.563. The van der Waals surface area contributed by atoms with Crippen molar-refractivity contribution in [3.05, 3.63) is 24.0 Å². The Bertz CT molecular complexity index is 455. The molecule has 2 amide bonds. The number of nitrogens with one attached hydrogen (secondary N) is 1. The SMILES string of the molecule is CCn1cccc1C(=O)N1CCNCC1C(N)=O. The van der Waals surface area contributed by atoms with Crippen molar-refractivity contribution in [3.8, 4) is 0 Å². The van der Waals surface area contributed by atoms with Crippen molar-refractivity contribution < 1.29 is 9.59 Å². The average Bonchev–Trinajstić information content (AvgIpc) is 2.86. The number of aromatic nitrogens is 1. The molecule has 1 fully saturated rings. The van der Waals surface area contributed by atoms with Crippen LogP contribution in [-0.2, 0) is 11.3 Å². The van der Waals surface area contributed by atoms with Crippen molar-refractivity contribution in [2.75, 3.05) is 19.6 Å². The van der Waals surface area contributed by atoms with Crippen LogP contribution in [0.5, 0.6) is 0 Å². The standard InChI is InChI=1S/C12H18N4O2/c1-2-15-6-3-4-9(15)12(18)16-7-5-14-8-10(16)11(13)17/h3-4,6,10,14H,2,5,7-8H2,1H3,(H2,13,17). The van der Waals surface area contributed by atoms with Gasteiger partial charge in [0.25, 0.3) is 5.91 Å². The molecule has 6 heteroatoms. The number of rotatable bonds is 3. The van der Waals surface area contributed by atoms with Crippen molar-refractivity contribution in [2.24, 2.45) is 5.73 Å². The lowest BCUT2D eigenvalue weighted by molar-refractivity contribution is -0.122. The minimum absolute atomic E-state index is 0.132. The van der Waals surface area contributed by atoms with E-state index in [1.54, 1.807) is 11.0 Å². The largest absolute Gasteiger partial charge is 0.368 e. The van der Waals surface area contributed by atoms with Crippen molar-refractivity contribution >= 4 is 11.8 Å². The highest BCUT2D eigenvalue weighted by atomic mass is 16.2. The van der Waals surface area contributed by atoms with E-state index in [9.17, 15) is 9.59 Å². The van der Waals surface area contributed by atoms with E-state index < -0.39 is 11.9 Å². The third-order valence-electron chi connectivity index (χ3n) is 3.22. The molecule has 98 valence electrons. The van der Waals surface area contributed by atoms with E-state index in [4.69, 9.17) is 5.73 Å². The molecule has 1 saturated heterocycles. The molecule has 1 atom stereocenters. The molecule has 0 saturated carbocycles. The first kappa shape index (κ1) is 12.6. The highest BCUT2D eigenvalue weighted by Crippen LogP contribution is 2.11. The zero-order valence-corrected chi connectivity index (χ0v) is 10.4. The molecule has 0 bridgehead atoms. The summed E-state index contributed by atoms with van der Waals surface area (Å²) < 4.78 is 1.86. The molecule has 0 aliphatic carbocycles. The molecular weight excluding hydrogens is 232 g/mol. The van der Waals surface area contributed by atoms with Gasteiger partial charge in [-0.05, 0) is 19.1 Å². The van der Waals surface area contributed by atoms with Gasteiger partial charge in [0.05, 0.1) is 0 Å². The zero-order valence-electron chi connectivity index (χ0n) is 10.4. The Balaban J connectivity index is 2.23. The highest BCUT2D eigenvalue weighted by Gasteiger charge is 2.31. The number of aryl methyl sites for hydroxylation is 1.